The molecule has 0 aromatic heterocycles. The quantitative estimate of drug-likeness (QED) is 0.400. The van der Waals surface area contributed by atoms with Crippen LogP contribution in [0, 0.1) is 0 Å². The van der Waals surface area contributed by atoms with Gasteiger partial charge in [-0.25, -0.2) is 0 Å². The first kappa shape index (κ1) is 8.89. The second kappa shape index (κ2) is 8.99. The predicted molar refractivity (Wildman–Crippen MR) is 11.3 cm³/mol. The van der Waals surface area contributed by atoms with Crippen molar-refractivity contribution in [3.63, 3.8) is 0 Å². The van der Waals surface area contributed by atoms with Gasteiger partial charge < -0.3 is 0 Å². The first-order chi connectivity index (χ1) is 1.41. The molecular formula is H3AlO2Zr. The zero-order valence-electron chi connectivity index (χ0n) is 1.32. The molecule has 0 atom stereocenters. The molecule has 0 saturated heterocycles. The Labute approximate surface area is 46.2 Å². The van der Waals surface area contributed by atoms with Crippen LogP contribution in [-0.4, -0.2) is 17.4 Å². The van der Waals surface area contributed by atoms with E-state index in [2.05, 4.69) is 0 Å². The monoisotopic (exact) mass is 152 g/mol. The molecule has 0 spiro atoms. The van der Waals surface area contributed by atoms with Gasteiger partial charge in [0.25, 0.3) is 0 Å². The van der Waals surface area contributed by atoms with Crippen LogP contribution in [0.3, 0.4) is 0 Å². The molecule has 0 radical (unpaired) electrons. The van der Waals surface area contributed by atoms with Gasteiger partial charge in [-0.15, -0.1) is 0 Å². The van der Waals surface area contributed by atoms with Gasteiger partial charge in [-0.05, 0) is 0 Å². The molecule has 0 fully saturated rings. The Morgan fingerprint density at radius 3 is 1.25 bits per heavy atom. The average Bonchev–Trinajstić information content (AvgIpc) is 0.918. The molecule has 0 saturated carbocycles. The first-order valence-corrected chi connectivity index (χ1v) is 2.42. The summed E-state index contributed by atoms with van der Waals surface area (Å²) in [6.07, 6.45) is 0. The van der Waals surface area contributed by atoms with Gasteiger partial charge in [-0.1, -0.05) is 0 Å². The molecule has 0 bridgehead atoms. The molecule has 0 aliphatic carbocycles. The van der Waals surface area contributed by atoms with Gasteiger partial charge in [0.15, 0.2) is 17.4 Å². The molecule has 0 unspecified atom stereocenters. The normalized spacial score (nSPS) is 2.00. The van der Waals surface area contributed by atoms with Crippen molar-refractivity contribution < 1.29 is 28.9 Å². The number of hydrogen-bond acceptors (Lipinski definition) is 2. The molecule has 0 rings (SSSR count). The van der Waals surface area contributed by atoms with Gasteiger partial charge in [0.1, 0.15) is 0 Å². The van der Waals surface area contributed by atoms with Gasteiger partial charge in [-0.3, -0.25) is 0 Å². The van der Waals surface area contributed by atoms with Crippen LogP contribution in [0.5, 0.6) is 0 Å². The summed E-state index contributed by atoms with van der Waals surface area (Å²) in [6, 6.07) is 0. The molecule has 4 heavy (non-hydrogen) atoms. The standard InChI is InChI=1S/Al.2O.Zr.3H. The van der Waals surface area contributed by atoms with E-state index in [1.165, 1.54) is 0 Å². The van der Waals surface area contributed by atoms with E-state index in [0.717, 1.165) is 0 Å². The van der Waals surface area contributed by atoms with Gasteiger partial charge >= 0.3 is 28.9 Å². The van der Waals surface area contributed by atoms with E-state index in [4.69, 9.17) is 5.63 Å². The van der Waals surface area contributed by atoms with E-state index >= 15 is 0 Å². The summed E-state index contributed by atoms with van der Waals surface area (Å²) in [5.74, 6) is 0. The van der Waals surface area contributed by atoms with Crippen LogP contribution in [0.2, 0.25) is 0 Å². The third-order valence-corrected chi connectivity index (χ3v) is 0. The number of hydrogen-bond donors (Lipinski definition) is 0. The Morgan fingerprint density at radius 2 is 1.25 bits per heavy atom. The molecule has 0 aromatic rings. The summed E-state index contributed by atoms with van der Waals surface area (Å²) in [7, 11) is 0. The molecule has 2 nitrogen and oxygen atoms in total. The molecule has 0 amide bonds. The summed E-state index contributed by atoms with van der Waals surface area (Å²) in [4.78, 5) is 0. The SMILES string of the molecule is [AlH3].[O]=[Zr]=[O]. The van der Waals surface area contributed by atoms with Crippen LogP contribution in [0.1, 0.15) is 0 Å². The van der Waals surface area contributed by atoms with Crippen molar-refractivity contribution in [3.8, 4) is 0 Å². The van der Waals surface area contributed by atoms with Crippen molar-refractivity contribution in [2.24, 2.45) is 0 Å². The zero-order chi connectivity index (χ0) is 2.71. The van der Waals surface area contributed by atoms with Crippen molar-refractivity contribution in [2.45, 2.75) is 0 Å². The second-order valence-electron chi connectivity index (χ2n) is 0.0833. The molecular weight excluding hydrogens is 150 g/mol. The van der Waals surface area contributed by atoms with E-state index in [0.29, 0.717) is 0 Å². The Bertz CT molecular complexity index is 27.0. The fourth-order valence-electron chi connectivity index (χ4n) is 0. The van der Waals surface area contributed by atoms with Gasteiger partial charge in [0.05, 0.1) is 0 Å². The predicted octanol–water partition coefficient (Wildman–Crippen LogP) is -1.42. The maximum atomic E-state index is 8.54. The van der Waals surface area contributed by atoms with Crippen molar-refractivity contribution in [1.82, 2.24) is 0 Å². The minimum absolute atomic E-state index is 0. The molecule has 0 aliphatic rings. The molecule has 0 N–H and O–H groups in total. The summed E-state index contributed by atoms with van der Waals surface area (Å²) in [6.45, 7) is 0. The maximum absolute atomic E-state index is 8.54. The summed E-state index contributed by atoms with van der Waals surface area (Å²) in [5, 5.41) is 0. The first-order valence-electron chi connectivity index (χ1n) is 0.408. The van der Waals surface area contributed by atoms with Crippen LogP contribution >= 0.6 is 0 Å². The third-order valence-electron chi connectivity index (χ3n) is 0. The average molecular weight is 153 g/mol. The van der Waals surface area contributed by atoms with Crippen LogP contribution in [-0.2, 0) is 28.9 Å². The Hall–Kier alpha value is 1.02. The van der Waals surface area contributed by atoms with Crippen LogP contribution in [0.15, 0.2) is 0 Å². The summed E-state index contributed by atoms with van der Waals surface area (Å²) >= 11 is -2.27. The van der Waals surface area contributed by atoms with Crippen LogP contribution < -0.4 is 0 Å². The molecule has 0 heterocycles. The van der Waals surface area contributed by atoms with Crippen LogP contribution in [0.4, 0.5) is 0 Å². The minimum atomic E-state index is -2.27. The number of rotatable bonds is 0. The van der Waals surface area contributed by atoms with E-state index in [9.17, 15) is 0 Å². The summed E-state index contributed by atoms with van der Waals surface area (Å²) in [5.41, 5.74) is 0. The molecule has 0 aromatic carbocycles. The van der Waals surface area contributed by atoms with Crippen molar-refractivity contribution >= 4 is 17.4 Å². The topological polar surface area (TPSA) is 34.1 Å². The van der Waals surface area contributed by atoms with E-state index in [1.807, 2.05) is 0 Å². The molecule has 22 valence electrons. The fourth-order valence-corrected chi connectivity index (χ4v) is 0. The Balaban J connectivity index is 0. The summed E-state index contributed by atoms with van der Waals surface area (Å²) < 4.78 is 17.1. The fraction of sp³-hybridized carbons (Fsp3) is 0. The molecule has 4 heteroatoms. The van der Waals surface area contributed by atoms with Crippen LogP contribution in [0.25, 0.3) is 0 Å². The van der Waals surface area contributed by atoms with E-state index in [-0.39, 0.29) is 17.4 Å². The van der Waals surface area contributed by atoms with Gasteiger partial charge in [0.2, 0.25) is 0 Å². The van der Waals surface area contributed by atoms with Gasteiger partial charge in [0, 0.05) is 0 Å². The zero-order valence-corrected chi connectivity index (χ0v) is 3.77. The van der Waals surface area contributed by atoms with E-state index in [1.54, 1.807) is 0 Å². The Morgan fingerprint density at radius 1 is 1.25 bits per heavy atom. The van der Waals surface area contributed by atoms with E-state index < -0.39 is 23.2 Å². The Kier molecular flexibility index (Phi) is 20.0. The van der Waals surface area contributed by atoms with Crippen molar-refractivity contribution in [3.05, 3.63) is 0 Å². The third kappa shape index (κ3) is 11.9. The van der Waals surface area contributed by atoms with Crippen molar-refractivity contribution in [1.29, 1.82) is 0 Å². The van der Waals surface area contributed by atoms with Gasteiger partial charge in [-0.2, -0.15) is 0 Å². The second-order valence-corrected chi connectivity index (χ2v) is 0.493. The molecule has 0 aliphatic heterocycles. The van der Waals surface area contributed by atoms with Crippen molar-refractivity contribution in [2.75, 3.05) is 0 Å².